The van der Waals surface area contributed by atoms with Gasteiger partial charge in [-0.05, 0) is 82.4 Å². The number of rotatable bonds is 5. The van der Waals surface area contributed by atoms with Crippen LogP contribution in [0.15, 0.2) is 63.1 Å². The van der Waals surface area contributed by atoms with Gasteiger partial charge >= 0.3 is 5.97 Å². The van der Waals surface area contributed by atoms with Crippen molar-refractivity contribution in [1.82, 2.24) is 10.2 Å². The maximum absolute atomic E-state index is 11.5. The molecule has 8 heteroatoms. The van der Waals surface area contributed by atoms with Crippen molar-refractivity contribution in [1.29, 1.82) is 0 Å². The summed E-state index contributed by atoms with van der Waals surface area (Å²) in [6, 6.07) is 14.5. The van der Waals surface area contributed by atoms with E-state index in [2.05, 4.69) is 32.8 Å². The van der Waals surface area contributed by atoms with Crippen molar-refractivity contribution < 1.29 is 14.3 Å². The van der Waals surface area contributed by atoms with Gasteiger partial charge in [-0.25, -0.2) is 4.79 Å². The fourth-order valence-electron chi connectivity index (χ4n) is 1.94. The zero-order chi connectivity index (χ0) is 17.8. The molecule has 2 aromatic carbocycles. The summed E-state index contributed by atoms with van der Waals surface area (Å²) in [6.45, 7) is 0. The highest BCUT2D eigenvalue weighted by molar-refractivity contribution is 14.1. The van der Waals surface area contributed by atoms with E-state index in [9.17, 15) is 9.90 Å². The Bertz CT molecular complexity index is 941. The summed E-state index contributed by atoms with van der Waals surface area (Å²) in [4.78, 5) is 11.6. The summed E-state index contributed by atoms with van der Waals surface area (Å²) in [6.07, 6.45) is 1.57. The van der Waals surface area contributed by atoms with Gasteiger partial charge in [0.25, 0.3) is 5.22 Å². The zero-order valence-corrected chi connectivity index (χ0v) is 16.2. The number of carboxylic acids is 1. The molecular formula is C17H10ClIN2O3S. The highest BCUT2D eigenvalue weighted by Crippen LogP contribution is 2.30. The van der Waals surface area contributed by atoms with E-state index < -0.39 is 5.97 Å². The number of thioether (sulfide) groups is 1. The van der Waals surface area contributed by atoms with E-state index in [1.807, 2.05) is 24.3 Å². The van der Waals surface area contributed by atoms with Crippen molar-refractivity contribution in [3.63, 3.8) is 0 Å². The minimum absolute atomic E-state index is 0.0910. The van der Waals surface area contributed by atoms with Gasteiger partial charge in [0.15, 0.2) is 0 Å². The van der Waals surface area contributed by atoms with Crippen LogP contribution in [0.25, 0.3) is 17.5 Å². The molecule has 0 spiro atoms. The molecule has 0 unspecified atom stereocenters. The molecule has 1 N–H and O–H groups in total. The van der Waals surface area contributed by atoms with Gasteiger partial charge in [-0.2, -0.15) is 0 Å². The summed E-state index contributed by atoms with van der Waals surface area (Å²) < 4.78 is 6.56. The Labute approximate surface area is 166 Å². The molecule has 25 heavy (non-hydrogen) atoms. The van der Waals surface area contributed by atoms with Crippen LogP contribution in [0.5, 0.6) is 0 Å². The van der Waals surface area contributed by atoms with Crippen LogP contribution in [0.1, 0.15) is 5.56 Å². The van der Waals surface area contributed by atoms with Gasteiger partial charge in [0, 0.05) is 14.2 Å². The zero-order valence-electron chi connectivity index (χ0n) is 12.5. The van der Waals surface area contributed by atoms with Crippen LogP contribution in [-0.2, 0) is 4.79 Å². The maximum Gasteiger partial charge on any atom is 0.342 e. The van der Waals surface area contributed by atoms with Crippen molar-refractivity contribution in [3.8, 4) is 11.5 Å². The molecule has 1 heterocycles. The molecule has 0 aliphatic carbocycles. The molecule has 0 aliphatic rings. The molecule has 5 nitrogen and oxygen atoms in total. The first-order valence-electron chi connectivity index (χ1n) is 6.99. The Morgan fingerprint density at radius 3 is 2.64 bits per heavy atom. The number of carboxylic acid groups (broad SMARTS) is 1. The number of nitrogens with zero attached hydrogens (tertiary/aromatic N) is 2. The molecule has 0 amide bonds. The van der Waals surface area contributed by atoms with E-state index in [-0.39, 0.29) is 10.1 Å². The smallest absolute Gasteiger partial charge is 0.342 e. The third-order valence-electron chi connectivity index (χ3n) is 3.05. The minimum atomic E-state index is -1.06. The van der Waals surface area contributed by atoms with Crippen molar-refractivity contribution >= 4 is 58.0 Å². The molecular weight excluding hydrogens is 475 g/mol. The van der Waals surface area contributed by atoms with Gasteiger partial charge in [0.1, 0.15) is 4.91 Å². The molecule has 126 valence electrons. The van der Waals surface area contributed by atoms with Gasteiger partial charge in [-0.3, -0.25) is 0 Å². The quantitative estimate of drug-likeness (QED) is 0.304. The first-order valence-corrected chi connectivity index (χ1v) is 9.26. The molecule has 3 rings (SSSR count). The average molecular weight is 485 g/mol. The Balaban J connectivity index is 1.84. The van der Waals surface area contributed by atoms with Gasteiger partial charge in [-0.15, -0.1) is 10.2 Å². The monoisotopic (exact) mass is 484 g/mol. The third kappa shape index (κ3) is 4.83. The summed E-state index contributed by atoms with van der Waals surface area (Å²) in [5, 5.41) is 18.0. The van der Waals surface area contributed by atoms with Crippen LogP contribution in [0, 0.1) is 3.57 Å². The van der Waals surface area contributed by atoms with Crippen molar-refractivity contribution in [2.75, 3.05) is 0 Å². The third-order valence-corrected chi connectivity index (χ3v) is 4.83. The Morgan fingerprint density at radius 2 is 1.96 bits per heavy atom. The molecule has 0 aliphatic heterocycles. The normalized spacial score (nSPS) is 11.5. The highest BCUT2D eigenvalue weighted by atomic mass is 127. The molecule has 0 fully saturated rings. The second kappa shape index (κ2) is 8.03. The number of halogens is 2. The van der Waals surface area contributed by atoms with Crippen molar-refractivity contribution in [3.05, 3.63) is 67.6 Å². The van der Waals surface area contributed by atoms with Crippen LogP contribution in [0.2, 0.25) is 5.02 Å². The first kappa shape index (κ1) is 18.0. The van der Waals surface area contributed by atoms with Crippen molar-refractivity contribution in [2.45, 2.75) is 5.22 Å². The SMILES string of the molecule is O=C(O)/C(=C/c1cccc(I)c1)Sc1nnc(-c2ccc(Cl)cc2)o1. The first-order chi connectivity index (χ1) is 12.0. The van der Waals surface area contributed by atoms with E-state index in [0.29, 0.717) is 16.5 Å². The number of aromatic nitrogens is 2. The number of carbonyl (C=O) groups is 1. The lowest BCUT2D eigenvalue weighted by molar-refractivity contribution is -0.131. The van der Waals surface area contributed by atoms with Crippen LogP contribution >= 0.6 is 46.0 Å². The van der Waals surface area contributed by atoms with Crippen molar-refractivity contribution in [2.24, 2.45) is 0 Å². The topological polar surface area (TPSA) is 76.2 Å². The predicted molar refractivity (Wildman–Crippen MR) is 105 cm³/mol. The van der Waals surface area contributed by atoms with Gasteiger partial charge < -0.3 is 9.52 Å². The second-order valence-corrected chi connectivity index (χ2v) is 7.53. The minimum Gasteiger partial charge on any atom is -0.477 e. The van der Waals surface area contributed by atoms with Crippen LogP contribution < -0.4 is 0 Å². The number of hydrogen-bond donors (Lipinski definition) is 1. The second-order valence-electron chi connectivity index (χ2n) is 4.85. The van der Waals surface area contributed by atoms with Gasteiger partial charge in [-0.1, -0.05) is 23.7 Å². The Morgan fingerprint density at radius 1 is 1.20 bits per heavy atom. The highest BCUT2D eigenvalue weighted by Gasteiger charge is 2.16. The lowest BCUT2D eigenvalue weighted by Crippen LogP contribution is -1.96. The largest absolute Gasteiger partial charge is 0.477 e. The lowest BCUT2D eigenvalue weighted by atomic mass is 10.2. The molecule has 0 saturated heterocycles. The summed E-state index contributed by atoms with van der Waals surface area (Å²) in [5.74, 6) is -0.756. The fourth-order valence-corrected chi connectivity index (χ4v) is 3.30. The summed E-state index contributed by atoms with van der Waals surface area (Å²) in [5.41, 5.74) is 1.50. The van der Waals surface area contributed by atoms with Gasteiger partial charge in [0.2, 0.25) is 5.89 Å². The van der Waals surface area contributed by atoms with E-state index in [1.54, 1.807) is 30.3 Å². The Hall–Kier alpha value is -1.84. The summed E-state index contributed by atoms with van der Waals surface area (Å²) >= 11 is 8.93. The van der Waals surface area contributed by atoms with Gasteiger partial charge in [0.05, 0.1) is 0 Å². The van der Waals surface area contributed by atoms with E-state index in [0.717, 1.165) is 20.9 Å². The van der Waals surface area contributed by atoms with Crippen LogP contribution in [-0.4, -0.2) is 21.3 Å². The standard InChI is InChI=1S/C17H10ClIN2O3S/c18-12-6-4-11(5-7-12)15-20-21-17(24-15)25-14(16(22)23)9-10-2-1-3-13(19)8-10/h1-9H,(H,22,23)/b14-9-. The van der Waals surface area contributed by atoms with Crippen LogP contribution in [0.3, 0.4) is 0 Å². The molecule has 0 saturated carbocycles. The number of aliphatic carboxylic acids is 1. The average Bonchev–Trinajstić information content (AvgIpc) is 3.03. The number of hydrogen-bond acceptors (Lipinski definition) is 5. The molecule has 0 radical (unpaired) electrons. The van der Waals surface area contributed by atoms with E-state index in [4.69, 9.17) is 16.0 Å². The molecule has 3 aromatic rings. The fraction of sp³-hybridized carbons (Fsp3) is 0. The Kier molecular flexibility index (Phi) is 5.77. The number of benzene rings is 2. The molecule has 1 aromatic heterocycles. The molecule has 0 bridgehead atoms. The van der Waals surface area contributed by atoms with Crippen LogP contribution in [0.4, 0.5) is 0 Å². The molecule has 0 atom stereocenters. The van der Waals surface area contributed by atoms with E-state index >= 15 is 0 Å². The van der Waals surface area contributed by atoms with E-state index in [1.165, 1.54) is 0 Å². The maximum atomic E-state index is 11.5. The predicted octanol–water partition coefficient (Wildman–Crippen LogP) is 5.21. The summed E-state index contributed by atoms with van der Waals surface area (Å²) in [7, 11) is 0. The lowest BCUT2D eigenvalue weighted by Gasteiger charge is -2.00.